The summed E-state index contributed by atoms with van der Waals surface area (Å²) in [5.74, 6) is 0. The number of hydrogen-bond donors (Lipinski definition) is 1. The molecule has 0 bridgehead atoms. The highest BCUT2D eigenvalue weighted by molar-refractivity contribution is 9.10. The Morgan fingerprint density at radius 3 is 2.83 bits per heavy atom. The maximum Gasteiger partial charge on any atom is 0.305 e. The molecule has 0 fully saturated rings. The smallest absolute Gasteiger partial charge is 0.284 e. The van der Waals surface area contributed by atoms with Crippen LogP contribution in [0.25, 0.3) is 0 Å². The van der Waals surface area contributed by atoms with E-state index < -0.39 is 4.92 Å². The van der Waals surface area contributed by atoms with Crippen molar-refractivity contribution < 1.29 is 14.9 Å². The molecule has 0 spiro atoms. The molecule has 64 valence electrons. The summed E-state index contributed by atoms with van der Waals surface area (Å²) in [6.45, 7) is 1.55. The van der Waals surface area contributed by atoms with E-state index in [-0.39, 0.29) is 10.3 Å². The Balaban J connectivity index is 3.33. The van der Waals surface area contributed by atoms with Gasteiger partial charge in [-0.2, -0.15) is 0 Å². The monoisotopic (exact) mass is 233 g/mol. The van der Waals surface area contributed by atoms with Gasteiger partial charge in [-0.15, -0.1) is 0 Å². The molecule has 0 radical (unpaired) electrons. The normalized spacial score (nSPS) is 9.83. The van der Waals surface area contributed by atoms with Crippen LogP contribution >= 0.6 is 15.9 Å². The Kier molecular flexibility index (Phi) is 2.27. The van der Waals surface area contributed by atoms with E-state index in [2.05, 4.69) is 15.9 Å². The van der Waals surface area contributed by atoms with E-state index in [9.17, 15) is 10.1 Å². The Bertz CT molecular complexity index is 340. The summed E-state index contributed by atoms with van der Waals surface area (Å²) in [5, 5.41) is 19.4. The van der Waals surface area contributed by atoms with Gasteiger partial charge in [-0.1, -0.05) is 0 Å². The second kappa shape index (κ2) is 3.06. The maximum atomic E-state index is 10.4. The fraction of sp³-hybridized carbons (Fsp3) is 0.167. The fourth-order valence-corrected chi connectivity index (χ4v) is 1.12. The predicted octanol–water partition coefficient (Wildman–Crippen LogP) is 1.19. The summed E-state index contributed by atoms with van der Waals surface area (Å²) in [4.78, 5) is 9.88. The van der Waals surface area contributed by atoms with E-state index in [1.54, 1.807) is 6.92 Å². The van der Waals surface area contributed by atoms with Crippen molar-refractivity contribution in [2.75, 3.05) is 0 Å². The number of pyridine rings is 1. The van der Waals surface area contributed by atoms with Gasteiger partial charge in [0.2, 0.25) is 6.20 Å². The van der Waals surface area contributed by atoms with Gasteiger partial charge in [0.15, 0.2) is 0 Å². The second-order valence-electron chi connectivity index (χ2n) is 2.27. The topological polar surface area (TPSA) is 67.2 Å². The third-order valence-corrected chi connectivity index (χ3v) is 1.98. The molecule has 0 saturated heterocycles. The molecule has 0 unspecified atom stereocenters. The Labute approximate surface area is 76.5 Å². The molecule has 0 atom stereocenters. The largest absolute Gasteiger partial charge is 0.305 e. The first-order valence-corrected chi connectivity index (χ1v) is 3.87. The second-order valence-corrected chi connectivity index (χ2v) is 3.08. The molecule has 0 aliphatic rings. The zero-order valence-electron chi connectivity index (χ0n) is 6.19. The predicted molar refractivity (Wildman–Crippen MR) is 42.9 cm³/mol. The summed E-state index contributed by atoms with van der Waals surface area (Å²) in [6.07, 6.45) is 1.27. The van der Waals surface area contributed by atoms with Gasteiger partial charge >= 0.3 is 4.60 Å². The van der Waals surface area contributed by atoms with Crippen molar-refractivity contribution in [3.8, 4) is 0 Å². The minimum absolute atomic E-state index is 0.0211. The summed E-state index contributed by atoms with van der Waals surface area (Å²) >= 11 is 2.96. The van der Waals surface area contributed by atoms with E-state index >= 15 is 0 Å². The van der Waals surface area contributed by atoms with Crippen LogP contribution < -0.4 is 4.73 Å². The van der Waals surface area contributed by atoms with Gasteiger partial charge in [0.05, 0.1) is 10.5 Å². The summed E-state index contributed by atoms with van der Waals surface area (Å²) < 4.78 is 1.03. The number of aryl methyl sites for hydroxylation is 1. The van der Waals surface area contributed by atoms with E-state index in [0.29, 0.717) is 5.56 Å². The van der Waals surface area contributed by atoms with E-state index in [0.717, 1.165) is 4.73 Å². The summed E-state index contributed by atoms with van der Waals surface area (Å²) in [7, 11) is 0. The first-order chi connectivity index (χ1) is 5.52. The van der Waals surface area contributed by atoms with Gasteiger partial charge in [-0.3, -0.25) is 15.3 Å². The average molecular weight is 234 g/mol. The van der Waals surface area contributed by atoms with Gasteiger partial charge in [-0.25, -0.2) is 0 Å². The van der Waals surface area contributed by atoms with Crippen LogP contribution in [0.2, 0.25) is 0 Å². The standard InChI is InChI=1S/C6H6BrN2O3/c1-4-3-8(10)6(7)2-5(4)9(11)12/h2-3,10H,1H3/q+1. The summed E-state index contributed by atoms with van der Waals surface area (Å²) in [6, 6.07) is 1.25. The molecule has 5 nitrogen and oxygen atoms in total. The van der Waals surface area contributed by atoms with Crippen molar-refractivity contribution in [2.45, 2.75) is 6.92 Å². The van der Waals surface area contributed by atoms with Crippen LogP contribution in [0, 0.1) is 17.0 Å². The van der Waals surface area contributed by atoms with E-state index in [1.165, 1.54) is 12.3 Å². The molecular formula is C6H6BrN2O3+. The van der Waals surface area contributed by atoms with Gasteiger partial charge in [0.25, 0.3) is 5.69 Å². The third-order valence-electron chi connectivity index (χ3n) is 1.39. The number of halogens is 1. The maximum absolute atomic E-state index is 10.4. The number of nitrogens with zero attached hydrogens (tertiary/aromatic N) is 2. The Hall–Kier alpha value is -1.17. The van der Waals surface area contributed by atoms with Crippen molar-refractivity contribution in [3.05, 3.63) is 32.5 Å². The molecule has 1 rings (SSSR count). The van der Waals surface area contributed by atoms with Crippen molar-refractivity contribution in [1.82, 2.24) is 0 Å². The van der Waals surface area contributed by atoms with Crippen molar-refractivity contribution >= 4 is 21.6 Å². The first-order valence-electron chi connectivity index (χ1n) is 3.08. The minimum atomic E-state index is -0.500. The lowest BCUT2D eigenvalue weighted by Gasteiger charge is -1.93. The van der Waals surface area contributed by atoms with Crippen LogP contribution in [0.5, 0.6) is 0 Å². The zero-order valence-corrected chi connectivity index (χ0v) is 7.78. The van der Waals surface area contributed by atoms with Crippen LogP contribution in [0.4, 0.5) is 5.69 Å². The van der Waals surface area contributed by atoms with Crippen LogP contribution in [-0.4, -0.2) is 10.1 Å². The van der Waals surface area contributed by atoms with Crippen molar-refractivity contribution in [2.24, 2.45) is 0 Å². The van der Waals surface area contributed by atoms with E-state index in [4.69, 9.17) is 5.21 Å². The van der Waals surface area contributed by atoms with E-state index in [1.807, 2.05) is 0 Å². The van der Waals surface area contributed by atoms with Crippen molar-refractivity contribution in [1.29, 1.82) is 0 Å². The van der Waals surface area contributed by atoms with Gasteiger partial charge in [0.1, 0.15) is 6.07 Å². The molecule has 1 heterocycles. The van der Waals surface area contributed by atoms with Gasteiger partial charge in [-0.05, 0) is 6.92 Å². The molecule has 6 heteroatoms. The average Bonchev–Trinajstić information content (AvgIpc) is 1.96. The number of nitro groups is 1. The molecule has 0 aliphatic carbocycles. The summed E-state index contributed by atoms with van der Waals surface area (Å²) in [5.41, 5.74) is 0.387. The van der Waals surface area contributed by atoms with Crippen molar-refractivity contribution in [3.63, 3.8) is 0 Å². The fourth-order valence-electron chi connectivity index (χ4n) is 0.801. The number of hydrogen-bond acceptors (Lipinski definition) is 3. The first kappa shape index (κ1) is 8.92. The molecule has 0 amide bonds. The highest BCUT2D eigenvalue weighted by Crippen LogP contribution is 2.18. The highest BCUT2D eigenvalue weighted by atomic mass is 79.9. The van der Waals surface area contributed by atoms with Gasteiger partial charge < -0.3 is 0 Å². The molecule has 1 N–H and O–H groups in total. The van der Waals surface area contributed by atoms with Crippen LogP contribution in [-0.2, 0) is 0 Å². The molecule has 12 heavy (non-hydrogen) atoms. The van der Waals surface area contributed by atoms with Gasteiger partial charge in [0, 0.05) is 20.7 Å². The van der Waals surface area contributed by atoms with Crippen LogP contribution in [0.3, 0.4) is 0 Å². The number of rotatable bonds is 1. The minimum Gasteiger partial charge on any atom is -0.284 e. The molecule has 1 aromatic heterocycles. The molecule has 0 aliphatic heterocycles. The zero-order chi connectivity index (χ0) is 9.30. The van der Waals surface area contributed by atoms with Crippen LogP contribution in [0.1, 0.15) is 5.56 Å². The highest BCUT2D eigenvalue weighted by Gasteiger charge is 2.19. The lowest BCUT2D eigenvalue weighted by atomic mass is 10.3. The molecule has 0 saturated carbocycles. The van der Waals surface area contributed by atoms with Crippen LogP contribution in [0.15, 0.2) is 16.9 Å². The molecular weight excluding hydrogens is 228 g/mol. The number of aromatic nitrogens is 1. The molecule has 1 aromatic rings. The lowest BCUT2D eigenvalue weighted by Crippen LogP contribution is -2.31. The lowest BCUT2D eigenvalue weighted by molar-refractivity contribution is -0.913. The quantitative estimate of drug-likeness (QED) is 0.261. The SMILES string of the molecule is Cc1c[n+](O)c(Br)cc1[N+](=O)[O-]. The molecule has 0 aromatic carbocycles. The Morgan fingerprint density at radius 1 is 1.75 bits per heavy atom. The third kappa shape index (κ3) is 1.53. The Morgan fingerprint density at radius 2 is 2.33 bits per heavy atom.